The fraction of sp³-hybridized carbons (Fsp3) is 0.829. The van der Waals surface area contributed by atoms with E-state index in [1.54, 1.807) is 0 Å². The first-order chi connectivity index (χ1) is 31.3. The lowest BCUT2D eigenvalue weighted by molar-refractivity contribution is -0.317. The van der Waals surface area contributed by atoms with E-state index in [2.05, 4.69) is 21.3 Å². The van der Waals surface area contributed by atoms with Crippen LogP contribution in [0, 0.1) is 0 Å². The van der Waals surface area contributed by atoms with E-state index in [9.17, 15) is 69.6 Å². The Hall–Kier alpha value is -4.15. The van der Waals surface area contributed by atoms with Crippen LogP contribution in [0.25, 0.3) is 0 Å². The number of carbonyl (C=O) groups excluding carboxylic acids is 7. The largest absolute Gasteiger partial charge is 0.394 e. The number of aliphatic hydroxyl groups is 4. The Labute approximate surface area is 384 Å². The lowest BCUT2D eigenvalue weighted by Gasteiger charge is -2.47. The number of hydrogen-bond donors (Lipinski definition) is 11. The van der Waals surface area contributed by atoms with Crippen molar-refractivity contribution in [2.24, 2.45) is 0 Å². The van der Waals surface area contributed by atoms with Crippen molar-refractivity contribution in [3.8, 4) is 0 Å². The molecule has 0 aromatic carbocycles. The van der Waals surface area contributed by atoms with Gasteiger partial charge < -0.3 is 60.6 Å². The van der Waals surface area contributed by atoms with Crippen molar-refractivity contribution in [2.75, 3.05) is 53.0 Å². The number of nitrogens with zero attached hydrogens (tertiary/aromatic N) is 3. The number of aliphatic hydroxyl groups excluding tert-OH is 4. The maximum Gasteiger partial charge on any atom is 0.251 e. The highest BCUT2D eigenvalue weighted by Gasteiger charge is 2.52. The molecule has 25 nitrogen and oxygen atoms in total. The molecule has 0 aliphatic carbocycles. The Morgan fingerprint density at radius 1 is 0.606 bits per heavy atom. The molecule has 2 aliphatic rings. The summed E-state index contributed by atoms with van der Waals surface area (Å²) in [6.07, 6.45) is -8.27. The topological polar surface area (TPSA) is 356 Å². The van der Waals surface area contributed by atoms with Gasteiger partial charge in [0.25, 0.3) is 5.91 Å². The molecule has 0 spiro atoms. The quantitative estimate of drug-likeness (QED) is 0.0203. The van der Waals surface area contributed by atoms with Crippen LogP contribution >= 0.6 is 0 Å². The number of hydrogen-bond acceptors (Lipinski definition) is 18. The molecule has 11 N–H and O–H groups in total. The van der Waals surface area contributed by atoms with Crippen molar-refractivity contribution in [3.63, 3.8) is 0 Å². The summed E-state index contributed by atoms with van der Waals surface area (Å²) in [7, 11) is 1.27. The van der Waals surface area contributed by atoms with Gasteiger partial charge in [-0.2, -0.15) is 0 Å². The molecule has 2 heterocycles. The maximum absolute atomic E-state index is 13.3. The maximum atomic E-state index is 13.3. The fourth-order valence-electron chi connectivity index (χ4n) is 7.15. The molecule has 66 heavy (non-hydrogen) atoms. The number of nitrogens with one attached hydrogen (secondary N) is 4. The van der Waals surface area contributed by atoms with Gasteiger partial charge in [0.2, 0.25) is 35.4 Å². The Bertz CT molecular complexity index is 1530. The molecule has 10 atom stereocenters. The fourth-order valence-corrected chi connectivity index (χ4v) is 7.15. The molecule has 0 aromatic rings. The zero-order valence-corrected chi connectivity index (χ0v) is 38.4. The minimum absolute atomic E-state index is 0.0330. The van der Waals surface area contributed by atoms with Crippen molar-refractivity contribution in [3.05, 3.63) is 0 Å². The van der Waals surface area contributed by atoms with Gasteiger partial charge in [-0.15, -0.1) is 0 Å². The summed E-state index contributed by atoms with van der Waals surface area (Å²) in [4.78, 5) is 85.1. The van der Waals surface area contributed by atoms with E-state index in [-0.39, 0.29) is 57.8 Å². The molecule has 2 saturated heterocycles. The number of unbranched alkanes of at least 4 members (excludes halogenated alkanes) is 6. The molecule has 9 unspecified atom stereocenters. The molecule has 25 heteroatoms. The molecule has 0 bridgehead atoms. The average molecular weight is 952 g/mol. The second-order valence-corrected chi connectivity index (χ2v) is 16.3. The number of methoxy groups -OCH3 is 1. The van der Waals surface area contributed by atoms with Crippen LogP contribution in [0.2, 0.25) is 0 Å². The number of hydroxylamine groups is 6. The van der Waals surface area contributed by atoms with E-state index in [0.29, 0.717) is 86.1 Å². The molecule has 0 aromatic heterocycles. The number of ether oxygens (including phenoxy) is 4. The predicted octanol–water partition coefficient (Wildman–Crippen LogP) is -2.43. The lowest BCUT2D eigenvalue weighted by Crippen LogP contribution is -2.68. The van der Waals surface area contributed by atoms with Crippen LogP contribution in [0.3, 0.4) is 0 Å². The number of carbonyl (C=O) groups is 7. The van der Waals surface area contributed by atoms with Crippen LogP contribution in [0.15, 0.2) is 0 Å². The minimum Gasteiger partial charge on any atom is -0.394 e. The molecule has 7 amide bonds. The summed E-state index contributed by atoms with van der Waals surface area (Å²) in [5, 5.41) is 83.7. The molecule has 2 fully saturated rings. The summed E-state index contributed by atoms with van der Waals surface area (Å²) in [6.45, 7) is 4.27. The summed E-state index contributed by atoms with van der Waals surface area (Å²) in [6, 6.07) is -1.15. The van der Waals surface area contributed by atoms with Gasteiger partial charge in [0.15, 0.2) is 12.4 Å². The van der Waals surface area contributed by atoms with Crippen molar-refractivity contribution in [1.82, 2.24) is 36.5 Å². The highest BCUT2D eigenvalue weighted by atomic mass is 16.7. The van der Waals surface area contributed by atoms with E-state index in [4.69, 9.17) is 18.9 Å². The zero-order chi connectivity index (χ0) is 49.3. The SMILES string of the molecule is COC1C(O)C(CO)OC(OC2C(C(=O)NCCCCCN(O)C(=O)CCC(=O)NCCCCCN(O)C(=O)CCC(=O)NCCCCCN(O)C(C)=O)O[C@H](C)C(O)C2O)C1NC(C)=O. The second-order valence-electron chi connectivity index (χ2n) is 16.3. The van der Waals surface area contributed by atoms with Crippen LogP contribution in [-0.4, -0.2) is 207 Å². The predicted molar refractivity (Wildman–Crippen MR) is 227 cm³/mol. The van der Waals surface area contributed by atoms with Gasteiger partial charge in [0.1, 0.15) is 42.7 Å². The first-order valence-electron chi connectivity index (χ1n) is 22.5. The van der Waals surface area contributed by atoms with Crippen molar-refractivity contribution < 1.29 is 88.6 Å². The summed E-state index contributed by atoms with van der Waals surface area (Å²) >= 11 is 0. The second kappa shape index (κ2) is 31.0. The van der Waals surface area contributed by atoms with E-state index >= 15 is 0 Å². The van der Waals surface area contributed by atoms with Crippen LogP contribution in [0.1, 0.15) is 104 Å². The van der Waals surface area contributed by atoms with Crippen molar-refractivity contribution in [2.45, 2.75) is 165 Å². The lowest BCUT2D eigenvalue weighted by atomic mass is 9.93. The minimum atomic E-state index is -1.66. The van der Waals surface area contributed by atoms with Crippen LogP contribution in [-0.2, 0) is 52.5 Å². The van der Waals surface area contributed by atoms with Crippen molar-refractivity contribution in [1.29, 1.82) is 0 Å². The van der Waals surface area contributed by atoms with Crippen LogP contribution < -0.4 is 21.3 Å². The zero-order valence-electron chi connectivity index (χ0n) is 38.4. The Morgan fingerprint density at radius 3 is 1.55 bits per heavy atom. The van der Waals surface area contributed by atoms with Gasteiger partial charge in [-0.25, -0.2) is 15.2 Å². The van der Waals surface area contributed by atoms with Gasteiger partial charge in [0.05, 0.1) is 12.7 Å². The monoisotopic (exact) mass is 952 g/mol. The summed E-state index contributed by atoms with van der Waals surface area (Å²) in [5.41, 5.74) is 0. The Morgan fingerprint density at radius 2 is 1.09 bits per heavy atom. The summed E-state index contributed by atoms with van der Waals surface area (Å²) in [5.74, 6) is -3.67. The third kappa shape index (κ3) is 20.4. The molecular weight excluding hydrogens is 878 g/mol. The van der Waals surface area contributed by atoms with Crippen LogP contribution in [0.4, 0.5) is 0 Å². The van der Waals surface area contributed by atoms with E-state index in [1.165, 1.54) is 27.9 Å². The molecule has 0 saturated carbocycles. The number of amides is 7. The molecule has 2 rings (SSSR count). The summed E-state index contributed by atoms with van der Waals surface area (Å²) < 4.78 is 22.7. The third-order valence-corrected chi connectivity index (χ3v) is 11.0. The smallest absolute Gasteiger partial charge is 0.251 e. The highest BCUT2D eigenvalue weighted by Crippen LogP contribution is 2.30. The normalized spacial score (nSPS) is 25.0. The first kappa shape index (κ1) is 58.0. The molecular formula is C41H73N7O18. The van der Waals surface area contributed by atoms with E-state index in [1.807, 2.05) is 0 Å². The molecule has 2 aliphatic heterocycles. The highest BCUT2D eigenvalue weighted by molar-refractivity contribution is 5.84. The van der Waals surface area contributed by atoms with E-state index < -0.39 is 103 Å². The Balaban J connectivity index is 1.62. The number of rotatable bonds is 30. The third-order valence-electron chi connectivity index (χ3n) is 11.0. The standard InChI is InChI=1S/C41H73N7O18/c1-25-34(56)36(58)38(66-41-33(45-26(2)50)37(63-4)35(57)28(24-49)65-41)39(64-25)40(59)44-20-10-7-13-23-48(62)32(55)17-15-30(53)43-19-9-6-12-22-47(61)31(54)16-14-29(52)42-18-8-5-11-21-46(60)27(3)51/h25,28,33-39,41,49,56-58,60-62H,5-24H2,1-4H3,(H,42,52)(H,43,53)(H,44,59)(H,45,50)/t25-,28?,33?,34?,35?,36?,37?,38?,39?,41?/m1/s1. The Kier molecular flexibility index (Phi) is 27.2. The average Bonchev–Trinajstić information content (AvgIpc) is 3.28. The van der Waals surface area contributed by atoms with Gasteiger partial charge >= 0.3 is 0 Å². The van der Waals surface area contributed by atoms with Gasteiger partial charge in [-0.05, 0) is 64.7 Å². The van der Waals surface area contributed by atoms with Gasteiger partial charge in [0, 0.05) is 85.9 Å². The van der Waals surface area contributed by atoms with E-state index in [0.717, 1.165) is 0 Å². The van der Waals surface area contributed by atoms with Crippen LogP contribution in [0.5, 0.6) is 0 Å². The molecule has 0 radical (unpaired) electrons. The first-order valence-corrected chi connectivity index (χ1v) is 22.5. The van der Waals surface area contributed by atoms with Crippen molar-refractivity contribution >= 4 is 41.4 Å². The van der Waals surface area contributed by atoms with Gasteiger partial charge in [-0.3, -0.25) is 49.2 Å². The van der Waals surface area contributed by atoms with Gasteiger partial charge in [-0.1, -0.05) is 0 Å². The molecule has 380 valence electrons.